The number of fused-ring (bicyclic) bond motifs is 1. The summed E-state index contributed by atoms with van der Waals surface area (Å²) in [5.74, 6) is 0.934. The van der Waals surface area contributed by atoms with Crippen molar-refractivity contribution in [3.05, 3.63) is 46.4 Å². The number of rotatable bonds is 11. The largest absolute Gasteiger partial charge is 0.492 e. The number of hydrogen-bond acceptors (Lipinski definition) is 6. The molecule has 0 bridgehead atoms. The molecule has 3 aromatic rings. The highest BCUT2D eigenvalue weighted by Gasteiger charge is 2.22. The molecule has 9 heteroatoms. The highest BCUT2D eigenvalue weighted by atomic mass is 35.5. The molecule has 32 heavy (non-hydrogen) atoms. The van der Waals surface area contributed by atoms with Crippen molar-refractivity contribution in [2.75, 3.05) is 44.3 Å². The summed E-state index contributed by atoms with van der Waals surface area (Å²) in [5.41, 5.74) is 0.761. The summed E-state index contributed by atoms with van der Waals surface area (Å²) in [6.07, 6.45) is 0. The number of anilines is 1. The maximum absolute atomic E-state index is 13.2. The summed E-state index contributed by atoms with van der Waals surface area (Å²) in [5, 5.41) is 1.49. The van der Waals surface area contributed by atoms with Crippen LogP contribution < -0.4 is 14.4 Å². The van der Waals surface area contributed by atoms with Gasteiger partial charge in [0.1, 0.15) is 17.0 Å². The van der Waals surface area contributed by atoms with Crippen molar-refractivity contribution in [1.82, 2.24) is 9.88 Å². The van der Waals surface area contributed by atoms with Crippen LogP contribution >= 0.6 is 34.5 Å². The van der Waals surface area contributed by atoms with Gasteiger partial charge in [0.2, 0.25) is 0 Å². The van der Waals surface area contributed by atoms with Gasteiger partial charge in [0.25, 0.3) is 5.91 Å². The molecule has 0 radical (unpaired) electrons. The monoisotopic (exact) mass is 495 g/mol. The predicted octanol–water partition coefficient (Wildman–Crippen LogP) is 5.76. The zero-order chi connectivity index (χ0) is 23.1. The van der Waals surface area contributed by atoms with Crippen molar-refractivity contribution in [3.63, 3.8) is 0 Å². The third-order valence-corrected chi connectivity index (χ3v) is 6.56. The van der Waals surface area contributed by atoms with Crippen LogP contribution in [0.25, 0.3) is 10.2 Å². The maximum Gasteiger partial charge on any atom is 0.266 e. The second-order valence-electron chi connectivity index (χ2n) is 6.97. The lowest BCUT2D eigenvalue weighted by atomic mass is 10.3. The van der Waals surface area contributed by atoms with Gasteiger partial charge in [-0.3, -0.25) is 9.69 Å². The Morgan fingerprint density at radius 1 is 1.03 bits per heavy atom. The Hall–Kier alpha value is -2.06. The molecule has 1 aromatic heterocycles. The van der Waals surface area contributed by atoms with E-state index in [9.17, 15) is 4.79 Å². The second-order valence-corrected chi connectivity index (χ2v) is 8.82. The van der Waals surface area contributed by atoms with Gasteiger partial charge in [0.05, 0.1) is 16.3 Å². The molecule has 1 heterocycles. The second kappa shape index (κ2) is 11.7. The molecule has 6 nitrogen and oxygen atoms in total. The molecule has 0 unspecified atom stereocenters. The van der Waals surface area contributed by atoms with E-state index in [1.807, 2.05) is 25.1 Å². The molecule has 1 amide bonds. The van der Waals surface area contributed by atoms with E-state index in [0.717, 1.165) is 29.9 Å². The minimum atomic E-state index is -0.194. The topological polar surface area (TPSA) is 54.9 Å². The Kier molecular flexibility index (Phi) is 8.99. The first-order valence-corrected chi connectivity index (χ1v) is 12.2. The summed E-state index contributed by atoms with van der Waals surface area (Å²) < 4.78 is 12.4. The SMILES string of the molecule is CCOc1cccc2sc(N(CCN(CC)CC)C(=O)COc3ccc(Cl)cc3Cl)nc12. The fourth-order valence-electron chi connectivity index (χ4n) is 3.22. The number of halogens is 2. The number of carbonyl (C=O) groups is 1. The van der Waals surface area contributed by atoms with Gasteiger partial charge in [-0.05, 0) is 50.3 Å². The lowest BCUT2D eigenvalue weighted by molar-refractivity contribution is -0.120. The fraction of sp³-hybridized carbons (Fsp3) is 0.391. The van der Waals surface area contributed by atoms with E-state index in [1.54, 1.807) is 23.1 Å². The van der Waals surface area contributed by atoms with Crippen LogP contribution in [0.2, 0.25) is 10.0 Å². The molecule has 0 atom stereocenters. The normalized spacial score (nSPS) is 11.2. The molecule has 0 N–H and O–H groups in total. The van der Waals surface area contributed by atoms with Gasteiger partial charge >= 0.3 is 0 Å². The Balaban J connectivity index is 1.84. The number of benzene rings is 2. The predicted molar refractivity (Wildman–Crippen MR) is 133 cm³/mol. The van der Waals surface area contributed by atoms with Gasteiger partial charge in [-0.15, -0.1) is 0 Å². The summed E-state index contributed by atoms with van der Waals surface area (Å²) in [6, 6.07) is 10.7. The van der Waals surface area contributed by atoms with E-state index in [0.29, 0.717) is 39.8 Å². The number of nitrogens with zero attached hydrogens (tertiary/aromatic N) is 3. The molecule has 0 aliphatic carbocycles. The summed E-state index contributed by atoms with van der Waals surface area (Å²) in [7, 11) is 0. The van der Waals surface area contributed by atoms with Crippen LogP contribution in [0.15, 0.2) is 36.4 Å². The minimum absolute atomic E-state index is 0.159. The van der Waals surface area contributed by atoms with E-state index < -0.39 is 0 Å². The molecular weight excluding hydrogens is 469 g/mol. The van der Waals surface area contributed by atoms with Crippen molar-refractivity contribution in [1.29, 1.82) is 0 Å². The maximum atomic E-state index is 13.2. The van der Waals surface area contributed by atoms with Crippen LogP contribution in [0.1, 0.15) is 20.8 Å². The zero-order valence-corrected chi connectivity index (χ0v) is 20.8. The zero-order valence-electron chi connectivity index (χ0n) is 18.4. The van der Waals surface area contributed by atoms with Crippen molar-refractivity contribution >= 4 is 55.8 Å². The number of thiazole rings is 1. The van der Waals surface area contributed by atoms with Gasteiger partial charge in [-0.25, -0.2) is 4.98 Å². The summed E-state index contributed by atoms with van der Waals surface area (Å²) in [6.45, 7) is 9.58. The Bertz CT molecular complexity index is 1060. The van der Waals surface area contributed by atoms with Gasteiger partial charge < -0.3 is 14.4 Å². The average Bonchev–Trinajstić information content (AvgIpc) is 3.21. The molecule has 172 valence electrons. The third kappa shape index (κ3) is 6.04. The molecule has 3 rings (SSSR count). The number of aromatic nitrogens is 1. The fourth-order valence-corrected chi connectivity index (χ4v) is 4.71. The standard InChI is InChI=1S/C23H27Cl2N3O3S/c1-4-27(5-2)12-13-28(21(29)15-31-18-11-10-16(24)14-17(18)25)23-26-22-19(30-6-3)8-7-9-20(22)32-23/h7-11,14H,4-6,12-13,15H2,1-3H3. The number of amides is 1. The van der Waals surface area contributed by atoms with E-state index in [2.05, 4.69) is 18.7 Å². The number of hydrogen-bond donors (Lipinski definition) is 0. The van der Waals surface area contributed by atoms with E-state index in [1.165, 1.54) is 11.3 Å². The molecule has 0 spiro atoms. The van der Waals surface area contributed by atoms with Gasteiger partial charge in [0.15, 0.2) is 11.7 Å². The van der Waals surface area contributed by atoms with Crippen molar-refractivity contribution in [2.24, 2.45) is 0 Å². The Labute approximate surface area is 202 Å². The number of likely N-dealkylation sites (N-methyl/N-ethyl adjacent to an activating group) is 1. The van der Waals surface area contributed by atoms with Crippen molar-refractivity contribution in [3.8, 4) is 11.5 Å². The Morgan fingerprint density at radius 2 is 1.81 bits per heavy atom. The number of para-hydroxylation sites is 1. The van der Waals surface area contributed by atoms with Crippen LogP contribution in [0.5, 0.6) is 11.5 Å². The molecular formula is C23H27Cl2N3O3S. The first-order valence-electron chi connectivity index (χ1n) is 10.6. The smallest absolute Gasteiger partial charge is 0.266 e. The third-order valence-electron chi connectivity index (χ3n) is 4.98. The summed E-state index contributed by atoms with van der Waals surface area (Å²) >= 11 is 13.6. The van der Waals surface area contributed by atoms with Crippen molar-refractivity contribution < 1.29 is 14.3 Å². The van der Waals surface area contributed by atoms with Crippen LogP contribution in [0.4, 0.5) is 5.13 Å². The Morgan fingerprint density at radius 3 is 2.50 bits per heavy atom. The highest BCUT2D eigenvalue weighted by molar-refractivity contribution is 7.22. The molecule has 0 saturated carbocycles. The lowest BCUT2D eigenvalue weighted by Gasteiger charge is -2.24. The molecule has 0 aliphatic rings. The van der Waals surface area contributed by atoms with Crippen molar-refractivity contribution in [2.45, 2.75) is 20.8 Å². The van der Waals surface area contributed by atoms with Gasteiger partial charge in [-0.2, -0.15) is 0 Å². The van der Waals surface area contributed by atoms with Crippen LogP contribution in [-0.2, 0) is 4.79 Å². The first-order chi connectivity index (χ1) is 15.5. The first kappa shape index (κ1) is 24.6. The van der Waals surface area contributed by atoms with Crippen LogP contribution in [-0.4, -0.2) is 55.2 Å². The highest BCUT2D eigenvalue weighted by Crippen LogP contribution is 2.34. The quantitative estimate of drug-likeness (QED) is 0.338. The minimum Gasteiger partial charge on any atom is -0.492 e. The average molecular weight is 496 g/mol. The van der Waals surface area contributed by atoms with Crippen LogP contribution in [0.3, 0.4) is 0 Å². The lowest BCUT2D eigenvalue weighted by Crippen LogP contribution is -2.41. The number of carbonyl (C=O) groups excluding carboxylic acids is 1. The van der Waals surface area contributed by atoms with E-state index in [4.69, 9.17) is 37.7 Å². The summed E-state index contributed by atoms with van der Waals surface area (Å²) in [4.78, 5) is 21.9. The van der Waals surface area contributed by atoms with Gasteiger partial charge in [-0.1, -0.05) is 54.5 Å². The van der Waals surface area contributed by atoms with E-state index in [-0.39, 0.29) is 12.5 Å². The van der Waals surface area contributed by atoms with E-state index >= 15 is 0 Å². The molecule has 0 aliphatic heterocycles. The number of ether oxygens (including phenoxy) is 2. The van der Waals surface area contributed by atoms with Crippen LogP contribution in [0, 0.1) is 0 Å². The molecule has 0 saturated heterocycles. The van der Waals surface area contributed by atoms with Gasteiger partial charge in [0, 0.05) is 18.1 Å². The molecule has 2 aromatic carbocycles. The molecule has 0 fully saturated rings.